The van der Waals surface area contributed by atoms with E-state index in [9.17, 15) is 4.79 Å². The maximum Gasteiger partial charge on any atom is 0.419 e. The van der Waals surface area contributed by atoms with Crippen molar-refractivity contribution in [3.63, 3.8) is 0 Å². The molecule has 0 amide bonds. The lowest BCUT2D eigenvalue weighted by atomic mass is 10.2. The van der Waals surface area contributed by atoms with E-state index < -0.39 is 0 Å². The number of oxazole rings is 1. The number of fused-ring (bicyclic) bond motifs is 1. The highest BCUT2D eigenvalue weighted by Crippen LogP contribution is 2.26. The fourth-order valence-electron chi connectivity index (χ4n) is 2.56. The highest BCUT2D eigenvalue weighted by molar-refractivity contribution is 8.01. The predicted octanol–water partition coefficient (Wildman–Crippen LogP) is 3.85. The van der Waals surface area contributed by atoms with Crippen molar-refractivity contribution in [2.75, 3.05) is 11.1 Å². The molecular weight excluding hydrogens is 368 g/mol. The van der Waals surface area contributed by atoms with Crippen LogP contribution < -0.4 is 11.1 Å². The molecule has 132 valence electrons. The summed E-state index contributed by atoms with van der Waals surface area (Å²) in [5, 5.41) is 12.4. The molecule has 1 N–H and O–H groups in total. The number of para-hydroxylation sites is 2. The van der Waals surface area contributed by atoms with Gasteiger partial charge in [-0.05, 0) is 17.7 Å². The van der Waals surface area contributed by atoms with E-state index in [2.05, 4.69) is 27.6 Å². The zero-order valence-electron chi connectivity index (χ0n) is 13.8. The normalized spacial score (nSPS) is 11.1. The van der Waals surface area contributed by atoms with E-state index in [-0.39, 0.29) is 5.76 Å². The Morgan fingerprint density at radius 2 is 1.88 bits per heavy atom. The molecule has 4 aromatic rings. The lowest BCUT2D eigenvalue weighted by Crippen LogP contribution is -2.15. The molecule has 0 atom stereocenters. The fourth-order valence-corrected chi connectivity index (χ4v) is 4.31. The van der Waals surface area contributed by atoms with Gasteiger partial charge in [-0.2, -0.15) is 0 Å². The number of rotatable bonds is 7. The van der Waals surface area contributed by atoms with Crippen molar-refractivity contribution in [3.05, 3.63) is 70.7 Å². The van der Waals surface area contributed by atoms with Crippen LogP contribution in [0, 0.1) is 0 Å². The van der Waals surface area contributed by atoms with E-state index in [1.165, 1.54) is 16.9 Å². The highest BCUT2D eigenvalue weighted by atomic mass is 32.2. The Balaban J connectivity index is 1.33. The summed E-state index contributed by atoms with van der Waals surface area (Å²) in [4.78, 5) is 12.0. The molecule has 26 heavy (non-hydrogen) atoms. The number of benzene rings is 2. The van der Waals surface area contributed by atoms with Crippen LogP contribution in [-0.2, 0) is 13.1 Å². The first-order valence-corrected chi connectivity index (χ1v) is 9.92. The summed E-state index contributed by atoms with van der Waals surface area (Å²) in [7, 11) is 0. The maximum absolute atomic E-state index is 12.0. The molecular formula is C18H16N4O2S2. The van der Waals surface area contributed by atoms with E-state index in [0.717, 1.165) is 27.3 Å². The summed E-state index contributed by atoms with van der Waals surface area (Å²) < 4.78 is 7.77. The van der Waals surface area contributed by atoms with Gasteiger partial charge in [-0.3, -0.25) is 4.57 Å². The van der Waals surface area contributed by atoms with Crippen molar-refractivity contribution >= 4 is 39.3 Å². The zero-order chi connectivity index (χ0) is 17.8. The second kappa shape index (κ2) is 7.76. The summed E-state index contributed by atoms with van der Waals surface area (Å²) >= 11 is 3.10. The van der Waals surface area contributed by atoms with Crippen molar-refractivity contribution < 1.29 is 4.42 Å². The third-order valence-electron chi connectivity index (χ3n) is 3.81. The first kappa shape index (κ1) is 16.9. The molecule has 0 unspecified atom stereocenters. The van der Waals surface area contributed by atoms with Crippen molar-refractivity contribution in [2.24, 2.45) is 0 Å². The number of nitrogens with zero attached hydrogens (tertiary/aromatic N) is 3. The summed E-state index contributed by atoms with van der Waals surface area (Å²) in [6.07, 6.45) is 0. The van der Waals surface area contributed by atoms with E-state index in [1.807, 2.05) is 36.4 Å². The van der Waals surface area contributed by atoms with Gasteiger partial charge < -0.3 is 9.73 Å². The Morgan fingerprint density at radius 3 is 2.77 bits per heavy atom. The van der Waals surface area contributed by atoms with Gasteiger partial charge in [0.15, 0.2) is 9.92 Å². The van der Waals surface area contributed by atoms with Crippen LogP contribution in [0.15, 0.2) is 68.1 Å². The third-order valence-corrected chi connectivity index (χ3v) is 5.80. The van der Waals surface area contributed by atoms with Crippen LogP contribution in [0.3, 0.4) is 0 Å². The second-order valence-electron chi connectivity index (χ2n) is 5.55. The minimum absolute atomic E-state index is 0.325. The van der Waals surface area contributed by atoms with Gasteiger partial charge in [0.05, 0.1) is 5.52 Å². The molecule has 8 heteroatoms. The van der Waals surface area contributed by atoms with Gasteiger partial charge in [0.1, 0.15) is 0 Å². The quantitative estimate of drug-likeness (QED) is 0.488. The predicted molar refractivity (Wildman–Crippen MR) is 105 cm³/mol. The molecule has 0 bridgehead atoms. The Bertz CT molecular complexity index is 1060. The zero-order valence-corrected chi connectivity index (χ0v) is 15.4. The van der Waals surface area contributed by atoms with Gasteiger partial charge in [0.2, 0.25) is 5.13 Å². The Hall–Kier alpha value is -2.58. The molecule has 0 fully saturated rings. The molecule has 2 aromatic heterocycles. The largest absolute Gasteiger partial charge is 0.419 e. The van der Waals surface area contributed by atoms with Crippen molar-refractivity contribution in [2.45, 2.75) is 17.4 Å². The SMILES string of the molecule is O=c1oc2ccccc2n1CCSc1nnc(NCc2ccccc2)s1. The average Bonchev–Trinajstić information content (AvgIpc) is 3.25. The van der Waals surface area contributed by atoms with Crippen LogP contribution in [0.5, 0.6) is 0 Å². The molecule has 4 rings (SSSR count). The van der Waals surface area contributed by atoms with E-state index in [0.29, 0.717) is 12.1 Å². The number of hydrogen-bond donors (Lipinski definition) is 1. The van der Waals surface area contributed by atoms with Crippen LogP contribution in [-0.4, -0.2) is 20.5 Å². The van der Waals surface area contributed by atoms with Gasteiger partial charge in [-0.15, -0.1) is 10.2 Å². The molecule has 6 nitrogen and oxygen atoms in total. The minimum Gasteiger partial charge on any atom is -0.408 e. The number of anilines is 1. The minimum atomic E-state index is -0.325. The standard InChI is InChI=1S/C18H16N4O2S2/c23-18-22(14-8-4-5-9-15(14)24-18)10-11-25-17-21-20-16(26-17)19-12-13-6-2-1-3-7-13/h1-9H,10-12H2,(H,19,20). The first-order valence-electron chi connectivity index (χ1n) is 8.12. The number of hydrogen-bond acceptors (Lipinski definition) is 7. The van der Waals surface area contributed by atoms with Crippen LogP contribution >= 0.6 is 23.1 Å². The number of thioether (sulfide) groups is 1. The lowest BCUT2D eigenvalue weighted by Gasteiger charge is -2.01. The summed E-state index contributed by atoms with van der Waals surface area (Å²) in [5.74, 6) is 0.394. The van der Waals surface area contributed by atoms with E-state index in [4.69, 9.17) is 4.42 Å². The summed E-state index contributed by atoms with van der Waals surface area (Å²) in [6.45, 7) is 1.28. The van der Waals surface area contributed by atoms with E-state index >= 15 is 0 Å². The maximum atomic E-state index is 12.0. The van der Waals surface area contributed by atoms with Crippen LogP contribution in [0.1, 0.15) is 5.56 Å². The van der Waals surface area contributed by atoms with Crippen LogP contribution in [0.25, 0.3) is 11.1 Å². The molecule has 0 spiro atoms. The van der Waals surface area contributed by atoms with E-state index in [1.54, 1.807) is 22.4 Å². The van der Waals surface area contributed by atoms with Crippen molar-refractivity contribution in [1.29, 1.82) is 0 Å². The molecule has 0 aliphatic rings. The molecule has 0 radical (unpaired) electrons. The fraction of sp³-hybridized carbons (Fsp3) is 0.167. The molecule has 2 aromatic carbocycles. The Labute approximate surface area is 157 Å². The topological polar surface area (TPSA) is 73.0 Å². The van der Waals surface area contributed by atoms with Gasteiger partial charge in [-0.1, -0.05) is 65.6 Å². The Morgan fingerprint density at radius 1 is 1.08 bits per heavy atom. The number of aryl methyl sites for hydroxylation is 1. The summed E-state index contributed by atoms with van der Waals surface area (Å²) in [6, 6.07) is 17.6. The molecule has 0 saturated heterocycles. The lowest BCUT2D eigenvalue weighted by molar-refractivity contribution is 0.514. The number of aromatic nitrogens is 3. The highest BCUT2D eigenvalue weighted by Gasteiger charge is 2.09. The van der Waals surface area contributed by atoms with Gasteiger partial charge >= 0.3 is 5.76 Å². The molecule has 0 aliphatic carbocycles. The van der Waals surface area contributed by atoms with Crippen LogP contribution in [0.4, 0.5) is 5.13 Å². The van der Waals surface area contributed by atoms with Gasteiger partial charge in [0.25, 0.3) is 0 Å². The molecule has 0 saturated carbocycles. The third kappa shape index (κ3) is 3.81. The van der Waals surface area contributed by atoms with Gasteiger partial charge in [-0.25, -0.2) is 4.79 Å². The summed E-state index contributed by atoms with van der Waals surface area (Å²) in [5.41, 5.74) is 2.63. The van der Waals surface area contributed by atoms with Gasteiger partial charge in [0, 0.05) is 18.8 Å². The average molecular weight is 384 g/mol. The smallest absolute Gasteiger partial charge is 0.408 e. The van der Waals surface area contributed by atoms with Crippen molar-refractivity contribution in [3.8, 4) is 0 Å². The Kier molecular flexibility index (Phi) is 5.03. The van der Waals surface area contributed by atoms with Crippen molar-refractivity contribution in [1.82, 2.24) is 14.8 Å². The first-order chi connectivity index (χ1) is 12.8. The second-order valence-corrected chi connectivity index (χ2v) is 7.87. The molecule has 0 aliphatic heterocycles. The molecule has 2 heterocycles. The van der Waals surface area contributed by atoms with Crippen LogP contribution in [0.2, 0.25) is 0 Å². The number of nitrogens with one attached hydrogen (secondary N) is 1. The monoisotopic (exact) mass is 384 g/mol.